The number of hydrogen-bond donors (Lipinski definition) is 0. The van der Waals surface area contributed by atoms with Crippen molar-refractivity contribution in [3.8, 4) is 6.07 Å². The molecule has 18 heavy (non-hydrogen) atoms. The fraction of sp³-hybridized carbons (Fsp3) is 0.357. The maximum atomic E-state index is 9.27. The molecule has 96 valence electrons. The summed E-state index contributed by atoms with van der Waals surface area (Å²) in [5, 5.41) is 9.91. The summed E-state index contributed by atoms with van der Waals surface area (Å²) in [6, 6.07) is 9.26. The highest BCUT2D eigenvalue weighted by molar-refractivity contribution is 6.30. The van der Waals surface area contributed by atoms with Gasteiger partial charge in [0.1, 0.15) is 18.4 Å². The maximum Gasteiger partial charge on any atom is 0.140 e. The third kappa shape index (κ3) is 4.06. The molecule has 0 spiro atoms. The van der Waals surface area contributed by atoms with Gasteiger partial charge in [0.2, 0.25) is 0 Å². The lowest BCUT2D eigenvalue weighted by Gasteiger charge is -2.11. The Balaban J connectivity index is 3.08. The lowest BCUT2D eigenvalue weighted by Crippen LogP contribution is -2.05. The van der Waals surface area contributed by atoms with Crippen LogP contribution in [0.25, 0.3) is 5.57 Å². The van der Waals surface area contributed by atoms with Gasteiger partial charge in [-0.1, -0.05) is 23.7 Å². The molecule has 0 unspecified atom stereocenters. The summed E-state index contributed by atoms with van der Waals surface area (Å²) in [4.78, 5) is 0. The van der Waals surface area contributed by atoms with Crippen molar-refractivity contribution in [2.45, 2.75) is 13.8 Å². The number of allylic oxidation sites excluding steroid dienone is 1. The first-order valence-corrected chi connectivity index (χ1v) is 6.20. The monoisotopic (exact) mass is 265 g/mol. The number of nitrogens with zero attached hydrogens (tertiary/aromatic N) is 1. The molecule has 0 bridgehead atoms. The van der Waals surface area contributed by atoms with Gasteiger partial charge in [-0.3, -0.25) is 0 Å². The molecule has 1 aromatic rings. The predicted octanol–water partition coefficient (Wildman–Crippen LogP) is 3.65. The van der Waals surface area contributed by atoms with Crippen LogP contribution < -0.4 is 0 Å². The molecule has 1 rings (SSSR count). The van der Waals surface area contributed by atoms with Crippen LogP contribution in [-0.4, -0.2) is 19.8 Å². The second-order valence-electron chi connectivity index (χ2n) is 3.49. The Kier molecular flexibility index (Phi) is 6.27. The smallest absolute Gasteiger partial charge is 0.140 e. The van der Waals surface area contributed by atoms with Gasteiger partial charge in [-0.2, -0.15) is 5.26 Å². The number of hydrogen-bond acceptors (Lipinski definition) is 3. The van der Waals surface area contributed by atoms with Crippen LogP contribution in [0, 0.1) is 11.3 Å². The van der Waals surface area contributed by atoms with Gasteiger partial charge in [0.05, 0.1) is 12.2 Å². The number of benzene rings is 1. The number of ether oxygens (including phenoxy) is 2. The summed E-state index contributed by atoms with van der Waals surface area (Å²) in [5.74, 6) is 0.559. The first kappa shape index (κ1) is 14.6. The number of rotatable bonds is 6. The molecule has 4 heteroatoms. The second-order valence-corrected chi connectivity index (χ2v) is 3.92. The summed E-state index contributed by atoms with van der Waals surface area (Å²) in [6.07, 6.45) is 0. The van der Waals surface area contributed by atoms with Crippen LogP contribution in [0.2, 0.25) is 5.02 Å². The zero-order valence-electron chi connectivity index (χ0n) is 10.6. The summed E-state index contributed by atoms with van der Waals surface area (Å²) in [6.45, 7) is 5.16. The van der Waals surface area contributed by atoms with Gasteiger partial charge >= 0.3 is 0 Å². The summed E-state index contributed by atoms with van der Waals surface area (Å²) >= 11 is 5.83. The van der Waals surface area contributed by atoms with Gasteiger partial charge in [-0.25, -0.2) is 0 Å². The van der Waals surface area contributed by atoms with E-state index in [4.69, 9.17) is 21.1 Å². The Morgan fingerprint density at radius 3 is 2.39 bits per heavy atom. The Morgan fingerprint density at radius 1 is 1.22 bits per heavy atom. The Hall–Kier alpha value is -1.50. The molecule has 0 saturated carbocycles. The standard InChI is InChI=1S/C14H16ClNO2/c1-3-17-10-14(18-4-2)13(9-16)11-5-7-12(15)8-6-11/h5-8H,3-4,10H2,1-2H3/b14-13-. The van der Waals surface area contributed by atoms with E-state index in [1.54, 1.807) is 24.3 Å². The third-order valence-corrected chi connectivity index (χ3v) is 2.53. The summed E-state index contributed by atoms with van der Waals surface area (Å²) in [7, 11) is 0. The van der Waals surface area contributed by atoms with Crippen LogP contribution in [0.4, 0.5) is 0 Å². The average Bonchev–Trinajstić information content (AvgIpc) is 2.39. The van der Waals surface area contributed by atoms with E-state index in [1.165, 1.54) is 0 Å². The first-order chi connectivity index (χ1) is 8.72. The van der Waals surface area contributed by atoms with Gasteiger partial charge in [-0.05, 0) is 31.5 Å². The van der Waals surface area contributed by atoms with E-state index >= 15 is 0 Å². The van der Waals surface area contributed by atoms with Crippen molar-refractivity contribution < 1.29 is 9.47 Å². The van der Waals surface area contributed by atoms with Crippen LogP contribution in [-0.2, 0) is 9.47 Å². The predicted molar refractivity (Wildman–Crippen MR) is 72.1 cm³/mol. The molecule has 0 aromatic heterocycles. The van der Waals surface area contributed by atoms with Crippen molar-refractivity contribution >= 4 is 17.2 Å². The van der Waals surface area contributed by atoms with E-state index in [2.05, 4.69) is 6.07 Å². The highest BCUT2D eigenvalue weighted by Crippen LogP contribution is 2.21. The molecule has 1 aromatic carbocycles. The summed E-state index contributed by atoms with van der Waals surface area (Å²) in [5.41, 5.74) is 1.27. The van der Waals surface area contributed by atoms with Crippen LogP contribution >= 0.6 is 11.6 Å². The topological polar surface area (TPSA) is 42.2 Å². The quantitative estimate of drug-likeness (QED) is 0.582. The minimum absolute atomic E-state index is 0.301. The van der Waals surface area contributed by atoms with E-state index in [0.29, 0.717) is 36.2 Å². The van der Waals surface area contributed by atoms with Crippen molar-refractivity contribution in [2.24, 2.45) is 0 Å². The van der Waals surface area contributed by atoms with Gasteiger partial charge in [-0.15, -0.1) is 0 Å². The molecule has 0 N–H and O–H groups in total. The van der Waals surface area contributed by atoms with E-state index in [9.17, 15) is 5.26 Å². The fourth-order valence-corrected chi connectivity index (χ4v) is 1.59. The lowest BCUT2D eigenvalue weighted by atomic mass is 10.1. The number of halogens is 1. The first-order valence-electron chi connectivity index (χ1n) is 5.82. The van der Waals surface area contributed by atoms with Crippen molar-refractivity contribution in [1.29, 1.82) is 5.26 Å². The molecule has 0 amide bonds. The molecule has 0 saturated heterocycles. The van der Waals surface area contributed by atoms with Gasteiger partial charge < -0.3 is 9.47 Å². The molecule has 0 atom stereocenters. The molecular formula is C14H16ClNO2. The molecule has 0 aliphatic carbocycles. The fourth-order valence-electron chi connectivity index (χ4n) is 1.46. The zero-order valence-corrected chi connectivity index (χ0v) is 11.3. The second kappa shape index (κ2) is 7.75. The van der Waals surface area contributed by atoms with Crippen molar-refractivity contribution in [2.75, 3.05) is 19.8 Å². The molecule has 0 aliphatic heterocycles. The third-order valence-electron chi connectivity index (χ3n) is 2.28. The Bertz CT molecular complexity index is 446. The zero-order chi connectivity index (χ0) is 13.4. The minimum Gasteiger partial charge on any atom is -0.494 e. The Labute approximate surface area is 113 Å². The SMILES string of the molecule is CCOC/C(OCC)=C(\C#N)c1ccc(Cl)cc1. The maximum absolute atomic E-state index is 9.27. The van der Waals surface area contributed by atoms with Crippen molar-refractivity contribution in [3.63, 3.8) is 0 Å². The molecule has 0 radical (unpaired) electrons. The summed E-state index contributed by atoms with van der Waals surface area (Å²) < 4.78 is 10.8. The minimum atomic E-state index is 0.301. The largest absolute Gasteiger partial charge is 0.494 e. The molecular weight excluding hydrogens is 250 g/mol. The van der Waals surface area contributed by atoms with E-state index in [1.807, 2.05) is 13.8 Å². The van der Waals surface area contributed by atoms with Crippen molar-refractivity contribution in [3.05, 3.63) is 40.6 Å². The van der Waals surface area contributed by atoms with Crippen molar-refractivity contribution in [1.82, 2.24) is 0 Å². The van der Waals surface area contributed by atoms with Crippen LogP contribution in [0.5, 0.6) is 0 Å². The molecule has 0 heterocycles. The van der Waals surface area contributed by atoms with Gasteiger partial charge in [0.25, 0.3) is 0 Å². The van der Waals surface area contributed by atoms with E-state index in [0.717, 1.165) is 5.56 Å². The Morgan fingerprint density at radius 2 is 1.89 bits per heavy atom. The van der Waals surface area contributed by atoms with E-state index in [-0.39, 0.29) is 0 Å². The van der Waals surface area contributed by atoms with E-state index < -0.39 is 0 Å². The van der Waals surface area contributed by atoms with Crippen LogP contribution in [0.15, 0.2) is 30.0 Å². The highest BCUT2D eigenvalue weighted by atomic mass is 35.5. The lowest BCUT2D eigenvalue weighted by molar-refractivity contribution is 0.111. The van der Waals surface area contributed by atoms with Gasteiger partial charge in [0.15, 0.2) is 0 Å². The molecule has 3 nitrogen and oxygen atoms in total. The average molecular weight is 266 g/mol. The van der Waals surface area contributed by atoms with Gasteiger partial charge in [0, 0.05) is 11.6 Å². The highest BCUT2D eigenvalue weighted by Gasteiger charge is 2.10. The normalized spacial score (nSPS) is 11.7. The van der Waals surface area contributed by atoms with Crippen LogP contribution in [0.1, 0.15) is 19.4 Å². The molecule has 0 aliphatic rings. The molecule has 0 fully saturated rings. The van der Waals surface area contributed by atoms with Crippen LogP contribution in [0.3, 0.4) is 0 Å². The number of nitriles is 1.